The minimum Gasteiger partial charge on any atom is -0.300 e. The summed E-state index contributed by atoms with van der Waals surface area (Å²) in [5, 5.41) is 12.4. The maximum atomic E-state index is 3.68. The van der Waals surface area contributed by atoms with E-state index < -0.39 is 0 Å². The molecular weight excluding hydrogens is 740 g/mol. The van der Waals surface area contributed by atoms with Crippen molar-refractivity contribution in [2.24, 2.45) is 0 Å². The van der Waals surface area contributed by atoms with E-state index in [1.165, 1.54) is 64.2 Å². The van der Waals surface area contributed by atoms with Crippen molar-refractivity contribution < 1.29 is 0 Å². The molecule has 0 unspecified atom stereocenters. The van der Waals surface area contributed by atoms with Gasteiger partial charge in [0.05, 0.1) is 22.2 Å². The molecule has 0 bridgehead atoms. The van der Waals surface area contributed by atoms with Gasteiger partial charge < -0.3 is 0 Å². The van der Waals surface area contributed by atoms with Crippen molar-refractivity contribution in [3.8, 4) is 5.69 Å². The van der Waals surface area contributed by atoms with Crippen LogP contribution in [0.3, 0.4) is 0 Å². The molecule has 0 aliphatic heterocycles. The third-order valence-electron chi connectivity index (χ3n) is 7.32. The second-order valence-corrected chi connectivity index (χ2v) is 13.9. The lowest BCUT2D eigenvalue weighted by Gasteiger charge is -2.09. The molecule has 41 heavy (non-hydrogen) atoms. The average Bonchev–Trinajstić information content (AvgIpc) is 3.74. The van der Waals surface area contributed by atoms with E-state index in [1.807, 2.05) is 11.3 Å². The summed E-state index contributed by atoms with van der Waals surface area (Å²) in [5.74, 6) is 0. The van der Waals surface area contributed by atoms with E-state index in [0.29, 0.717) is 0 Å². The van der Waals surface area contributed by atoms with Crippen molar-refractivity contribution in [3.05, 3.63) is 115 Å². The molecule has 0 saturated carbocycles. The molecule has 204 valence electrons. The molecule has 0 atom stereocenters. The molecule has 0 aliphatic rings. The second-order valence-electron chi connectivity index (χ2n) is 9.43. The van der Waals surface area contributed by atoms with Crippen molar-refractivity contribution >= 4 is 129 Å². The predicted molar refractivity (Wildman–Crippen MR) is 194 cm³/mol. The third kappa shape index (κ3) is 4.28. The Labute approximate surface area is 271 Å². The molecule has 2 nitrogen and oxygen atoms in total. The molecular formula is C34H25Br3N2S2. The summed E-state index contributed by atoms with van der Waals surface area (Å²) < 4.78 is 8.03. The van der Waals surface area contributed by atoms with Gasteiger partial charge >= 0.3 is 0 Å². The molecule has 4 aromatic carbocycles. The van der Waals surface area contributed by atoms with Crippen LogP contribution in [-0.2, 0) is 0 Å². The Hall–Kier alpha value is -2.68. The minimum absolute atomic E-state index is 0. The van der Waals surface area contributed by atoms with E-state index in [9.17, 15) is 0 Å². The summed E-state index contributed by atoms with van der Waals surface area (Å²) in [6.07, 6.45) is 0. The first-order valence-electron chi connectivity index (χ1n) is 12.3. The quantitative estimate of drug-likeness (QED) is 0.157. The third-order valence-corrected chi connectivity index (χ3v) is 10.7. The summed E-state index contributed by atoms with van der Waals surface area (Å²) in [6, 6.07) is 32.4. The van der Waals surface area contributed by atoms with Gasteiger partial charge in [0, 0.05) is 45.7 Å². The van der Waals surface area contributed by atoms with Crippen LogP contribution in [-0.4, -0.2) is 8.97 Å². The van der Waals surface area contributed by atoms with Gasteiger partial charge in [0.1, 0.15) is 9.66 Å². The topological polar surface area (TPSA) is 9.34 Å². The normalized spacial score (nSPS) is 11.4. The molecule has 0 spiro atoms. The first kappa shape index (κ1) is 28.4. The highest BCUT2D eigenvalue weighted by Crippen LogP contribution is 2.41. The van der Waals surface area contributed by atoms with E-state index in [1.54, 1.807) is 11.3 Å². The standard InChI is InChI=1S/C16H9Br2NS.C16H8BrNS.2CH4/c17-10-5-6-15(13(18)9-10)19-14-4-2-1-3-11(14)12-7-8-20-16(12)19;17-9-4-5-14-13(8-9)11-3-1-2-10-12-6-7-19-16(12)18(14)15(10)11;;/h1-9H;1-8H;2*1H4. The van der Waals surface area contributed by atoms with Crippen LogP contribution in [0, 0.1) is 0 Å². The maximum Gasteiger partial charge on any atom is 0.108 e. The number of hydrogen-bond donors (Lipinski definition) is 0. The van der Waals surface area contributed by atoms with E-state index in [4.69, 9.17) is 0 Å². The van der Waals surface area contributed by atoms with Crippen molar-refractivity contribution in [1.29, 1.82) is 0 Å². The monoisotopic (exact) mass is 762 g/mol. The summed E-state index contributed by atoms with van der Waals surface area (Å²) in [7, 11) is 0. The molecule has 5 aromatic heterocycles. The lowest BCUT2D eigenvalue weighted by molar-refractivity contribution is 1.18. The summed E-state index contributed by atoms with van der Waals surface area (Å²) in [6.45, 7) is 0. The predicted octanol–water partition coefficient (Wildman–Crippen LogP) is 13.3. The number of fused-ring (bicyclic) bond motifs is 9. The van der Waals surface area contributed by atoms with Crippen molar-refractivity contribution in [3.63, 3.8) is 0 Å². The zero-order valence-corrected chi connectivity index (χ0v) is 26.6. The number of rotatable bonds is 1. The van der Waals surface area contributed by atoms with Crippen LogP contribution < -0.4 is 0 Å². The van der Waals surface area contributed by atoms with Crippen molar-refractivity contribution in [2.75, 3.05) is 0 Å². The first-order chi connectivity index (χ1) is 19.1. The van der Waals surface area contributed by atoms with Crippen LogP contribution in [0.1, 0.15) is 14.9 Å². The number of aromatic nitrogens is 2. The molecule has 0 radical (unpaired) electrons. The van der Waals surface area contributed by atoms with Gasteiger partial charge in [-0.05, 0) is 81.3 Å². The highest BCUT2D eigenvalue weighted by molar-refractivity contribution is 9.11. The number of halogens is 3. The number of benzene rings is 4. The molecule has 7 heteroatoms. The van der Waals surface area contributed by atoms with E-state index >= 15 is 0 Å². The molecule has 5 heterocycles. The van der Waals surface area contributed by atoms with Gasteiger partial charge in [-0.1, -0.05) is 83.1 Å². The van der Waals surface area contributed by atoms with E-state index in [-0.39, 0.29) is 14.9 Å². The zero-order chi connectivity index (χ0) is 26.2. The van der Waals surface area contributed by atoms with Gasteiger partial charge in [0.2, 0.25) is 0 Å². The summed E-state index contributed by atoms with van der Waals surface area (Å²) in [5.41, 5.74) is 5.07. The fraction of sp³-hybridized carbons (Fsp3) is 0.0588. The number of para-hydroxylation sites is 2. The van der Waals surface area contributed by atoms with E-state index in [0.717, 1.165) is 13.4 Å². The minimum atomic E-state index is 0. The summed E-state index contributed by atoms with van der Waals surface area (Å²) in [4.78, 5) is 2.64. The van der Waals surface area contributed by atoms with Gasteiger partial charge in [0.25, 0.3) is 0 Å². The Bertz CT molecular complexity index is 2340. The van der Waals surface area contributed by atoms with Gasteiger partial charge in [0.15, 0.2) is 0 Å². The molecule has 0 fully saturated rings. The SMILES string of the molecule is Brc1ccc(-n2c3ccccc3c3ccsc32)c(Br)c1.Brc1ccc2c(c1)c1cccc3c4ccsc4n2c13.C.C. The Balaban J connectivity index is 0.000000141. The van der Waals surface area contributed by atoms with Gasteiger partial charge in [-0.15, -0.1) is 22.7 Å². The Kier molecular flexibility index (Phi) is 7.54. The Morgan fingerprint density at radius 3 is 1.93 bits per heavy atom. The van der Waals surface area contributed by atoms with Crippen LogP contribution in [0.4, 0.5) is 0 Å². The Morgan fingerprint density at radius 1 is 0.512 bits per heavy atom. The zero-order valence-electron chi connectivity index (χ0n) is 20.2. The van der Waals surface area contributed by atoms with Gasteiger partial charge in [-0.25, -0.2) is 0 Å². The lowest BCUT2D eigenvalue weighted by atomic mass is 10.1. The maximum absolute atomic E-state index is 3.68. The number of thiophene rings is 2. The molecule has 9 aromatic rings. The highest BCUT2D eigenvalue weighted by atomic mass is 79.9. The van der Waals surface area contributed by atoms with Gasteiger partial charge in [-0.3, -0.25) is 8.97 Å². The number of hydrogen-bond acceptors (Lipinski definition) is 2. The molecule has 0 amide bonds. The van der Waals surface area contributed by atoms with Crippen molar-refractivity contribution in [2.45, 2.75) is 14.9 Å². The second kappa shape index (κ2) is 10.9. The van der Waals surface area contributed by atoms with Crippen LogP contribution in [0.2, 0.25) is 0 Å². The smallest absolute Gasteiger partial charge is 0.108 e. The highest BCUT2D eigenvalue weighted by Gasteiger charge is 2.17. The van der Waals surface area contributed by atoms with E-state index in [2.05, 4.69) is 159 Å². The number of nitrogens with zero attached hydrogens (tertiary/aromatic N) is 2. The van der Waals surface area contributed by atoms with Gasteiger partial charge in [-0.2, -0.15) is 0 Å². The fourth-order valence-electron chi connectivity index (χ4n) is 5.74. The van der Waals surface area contributed by atoms with Crippen LogP contribution >= 0.6 is 70.5 Å². The molecule has 9 rings (SSSR count). The lowest BCUT2D eigenvalue weighted by Crippen LogP contribution is -1.93. The van der Waals surface area contributed by atoms with Crippen LogP contribution in [0.15, 0.2) is 115 Å². The molecule has 0 aliphatic carbocycles. The Morgan fingerprint density at radius 2 is 1.15 bits per heavy atom. The molecule has 0 N–H and O–H groups in total. The van der Waals surface area contributed by atoms with Crippen LogP contribution in [0.5, 0.6) is 0 Å². The average molecular weight is 765 g/mol. The molecule has 0 saturated heterocycles. The first-order valence-corrected chi connectivity index (χ1v) is 16.5. The van der Waals surface area contributed by atoms with Crippen LogP contribution in [0.25, 0.3) is 64.2 Å². The summed E-state index contributed by atoms with van der Waals surface area (Å²) >= 11 is 14.4. The fourth-order valence-corrected chi connectivity index (χ4v) is 9.19. The van der Waals surface area contributed by atoms with Crippen molar-refractivity contribution in [1.82, 2.24) is 8.97 Å². The largest absolute Gasteiger partial charge is 0.300 e.